The van der Waals surface area contributed by atoms with Gasteiger partial charge in [-0.3, -0.25) is 15.0 Å². The van der Waals surface area contributed by atoms with Crippen LogP contribution in [-0.2, 0) is 16.5 Å². The number of nitrogens with zero attached hydrogens (tertiary/aromatic N) is 3. The number of rotatable bonds is 2. The second-order valence-electron chi connectivity index (χ2n) is 3.63. The Hall–Kier alpha value is -1.54. The van der Waals surface area contributed by atoms with Crippen molar-refractivity contribution in [3.63, 3.8) is 0 Å². The summed E-state index contributed by atoms with van der Waals surface area (Å²) in [5.41, 5.74) is 4.11. The van der Waals surface area contributed by atoms with Crippen LogP contribution in [-0.4, -0.2) is 16.2 Å². The van der Waals surface area contributed by atoms with Gasteiger partial charge < -0.3 is 0 Å². The summed E-state index contributed by atoms with van der Waals surface area (Å²) in [6, 6.07) is 6.14. The van der Waals surface area contributed by atoms with Crippen molar-refractivity contribution in [3.05, 3.63) is 53.6 Å². The Bertz CT molecular complexity index is 489. The number of hydrogen-bond acceptors (Lipinski definition) is 3. The van der Waals surface area contributed by atoms with Gasteiger partial charge in [-0.05, 0) is 25.0 Å². The number of aryl methyl sites for hydroxylation is 2. The summed E-state index contributed by atoms with van der Waals surface area (Å²) >= 11 is 0. The van der Waals surface area contributed by atoms with E-state index in [1.165, 1.54) is 11.1 Å². The molecule has 1 aromatic heterocycles. The predicted molar refractivity (Wildman–Crippen MR) is 65.2 cm³/mol. The molecular formula is C13H13N3Ni. The molecule has 0 aliphatic carbocycles. The molecule has 0 radical (unpaired) electrons. The molecule has 0 bridgehead atoms. The maximum Gasteiger partial charge on any atom is 0.0995 e. The summed E-state index contributed by atoms with van der Waals surface area (Å²) in [5.74, 6) is 0. The average molecular weight is 270 g/mol. The van der Waals surface area contributed by atoms with Crippen LogP contribution in [0.5, 0.6) is 0 Å². The summed E-state index contributed by atoms with van der Waals surface area (Å²) < 4.78 is 0. The number of hydrogen-bond donors (Lipinski definition) is 0. The third-order valence-electron chi connectivity index (χ3n) is 2.35. The van der Waals surface area contributed by atoms with Crippen LogP contribution in [0.3, 0.4) is 0 Å². The Labute approximate surface area is 111 Å². The van der Waals surface area contributed by atoms with Crippen LogP contribution in [0, 0.1) is 13.8 Å². The normalized spacial score (nSPS) is 10.2. The van der Waals surface area contributed by atoms with Gasteiger partial charge in [0.25, 0.3) is 0 Å². The summed E-state index contributed by atoms with van der Waals surface area (Å²) in [4.78, 5) is 12.6. The molecule has 0 unspecified atom stereocenters. The van der Waals surface area contributed by atoms with E-state index in [9.17, 15) is 0 Å². The topological polar surface area (TPSA) is 38.1 Å². The third-order valence-corrected chi connectivity index (χ3v) is 2.35. The van der Waals surface area contributed by atoms with Gasteiger partial charge in [-0.1, -0.05) is 18.2 Å². The zero-order valence-corrected chi connectivity index (χ0v) is 10.7. The number of benzene rings is 1. The SMILES string of the molecule is Cc1cccc(C)c1N=Cc1cnccn1.[Ni]. The van der Waals surface area contributed by atoms with Crippen molar-refractivity contribution in [2.75, 3.05) is 0 Å². The summed E-state index contributed by atoms with van der Waals surface area (Å²) in [5, 5.41) is 0. The quantitative estimate of drug-likeness (QED) is 0.621. The van der Waals surface area contributed by atoms with Gasteiger partial charge >= 0.3 is 0 Å². The van der Waals surface area contributed by atoms with E-state index in [4.69, 9.17) is 0 Å². The Morgan fingerprint density at radius 3 is 2.41 bits per heavy atom. The molecule has 1 heterocycles. The maximum absolute atomic E-state index is 4.45. The first kappa shape index (κ1) is 13.5. The van der Waals surface area contributed by atoms with Crippen LogP contribution in [0.25, 0.3) is 0 Å². The van der Waals surface area contributed by atoms with Crippen LogP contribution in [0.1, 0.15) is 16.8 Å². The van der Waals surface area contributed by atoms with Gasteiger partial charge in [0.2, 0.25) is 0 Å². The molecule has 0 spiro atoms. The van der Waals surface area contributed by atoms with Crippen LogP contribution >= 0.6 is 0 Å². The Balaban J connectivity index is 0.00000144. The van der Waals surface area contributed by atoms with E-state index < -0.39 is 0 Å². The van der Waals surface area contributed by atoms with E-state index in [-0.39, 0.29) is 16.5 Å². The Morgan fingerprint density at radius 2 is 1.82 bits per heavy atom. The van der Waals surface area contributed by atoms with E-state index in [2.05, 4.69) is 40.9 Å². The van der Waals surface area contributed by atoms with Crippen molar-refractivity contribution >= 4 is 11.9 Å². The van der Waals surface area contributed by atoms with Gasteiger partial charge in [0.1, 0.15) is 0 Å². The minimum Gasteiger partial charge on any atom is -0.261 e. The molecule has 1 aromatic carbocycles. The van der Waals surface area contributed by atoms with Crippen molar-refractivity contribution in [2.24, 2.45) is 4.99 Å². The molecule has 0 atom stereocenters. The predicted octanol–water partition coefficient (Wildman–Crippen LogP) is 2.84. The minimum atomic E-state index is 0. The number of aromatic nitrogens is 2. The molecule has 2 aromatic rings. The first-order chi connectivity index (χ1) is 7.77. The third kappa shape index (κ3) is 3.47. The first-order valence-electron chi connectivity index (χ1n) is 5.13. The van der Waals surface area contributed by atoms with Gasteiger partial charge in [0, 0.05) is 28.9 Å². The summed E-state index contributed by atoms with van der Waals surface area (Å²) in [6.07, 6.45) is 6.74. The van der Waals surface area contributed by atoms with Crippen molar-refractivity contribution in [1.82, 2.24) is 9.97 Å². The van der Waals surface area contributed by atoms with Gasteiger partial charge in [0.05, 0.1) is 23.8 Å². The zero-order valence-electron chi connectivity index (χ0n) is 9.70. The molecule has 17 heavy (non-hydrogen) atoms. The van der Waals surface area contributed by atoms with E-state index >= 15 is 0 Å². The van der Waals surface area contributed by atoms with Crippen molar-refractivity contribution in [2.45, 2.75) is 13.8 Å². The fourth-order valence-electron chi connectivity index (χ4n) is 1.52. The molecule has 2 rings (SSSR count). The first-order valence-corrected chi connectivity index (χ1v) is 5.13. The standard InChI is InChI=1S/C13H13N3.Ni/c1-10-4-3-5-11(2)13(10)16-9-12-8-14-6-7-15-12;/h3-9H,1-2H3;. The van der Waals surface area contributed by atoms with Crippen molar-refractivity contribution in [1.29, 1.82) is 0 Å². The average Bonchev–Trinajstić information content (AvgIpc) is 2.30. The second kappa shape index (κ2) is 6.26. The van der Waals surface area contributed by atoms with E-state index in [0.717, 1.165) is 11.4 Å². The molecule has 0 aliphatic heterocycles. The smallest absolute Gasteiger partial charge is 0.0995 e. The molecule has 0 aliphatic rings. The van der Waals surface area contributed by atoms with Crippen LogP contribution in [0.2, 0.25) is 0 Å². The Morgan fingerprint density at radius 1 is 1.12 bits per heavy atom. The van der Waals surface area contributed by atoms with E-state index in [0.29, 0.717) is 0 Å². The molecule has 0 fully saturated rings. The summed E-state index contributed by atoms with van der Waals surface area (Å²) in [7, 11) is 0. The molecule has 90 valence electrons. The fourth-order valence-corrected chi connectivity index (χ4v) is 1.52. The molecule has 0 amide bonds. The molecule has 3 nitrogen and oxygen atoms in total. The maximum atomic E-state index is 4.45. The van der Waals surface area contributed by atoms with Crippen LogP contribution in [0.4, 0.5) is 5.69 Å². The van der Waals surface area contributed by atoms with Crippen LogP contribution < -0.4 is 0 Å². The van der Waals surface area contributed by atoms with Gasteiger partial charge in [0.15, 0.2) is 0 Å². The molecular weight excluding hydrogens is 257 g/mol. The van der Waals surface area contributed by atoms with Gasteiger partial charge in [-0.25, -0.2) is 0 Å². The minimum absolute atomic E-state index is 0. The fraction of sp³-hybridized carbons (Fsp3) is 0.154. The molecule has 4 heteroatoms. The largest absolute Gasteiger partial charge is 0.261 e. The molecule has 0 saturated carbocycles. The zero-order chi connectivity index (χ0) is 11.4. The van der Waals surface area contributed by atoms with Crippen molar-refractivity contribution in [3.8, 4) is 0 Å². The van der Waals surface area contributed by atoms with E-state index in [1.807, 2.05) is 6.07 Å². The number of aliphatic imine (C=N–C) groups is 1. The second-order valence-corrected chi connectivity index (χ2v) is 3.63. The Kier molecular flexibility index (Phi) is 4.98. The monoisotopic (exact) mass is 269 g/mol. The molecule has 0 N–H and O–H groups in total. The van der Waals surface area contributed by atoms with E-state index in [1.54, 1.807) is 24.8 Å². The van der Waals surface area contributed by atoms with Gasteiger partial charge in [-0.15, -0.1) is 0 Å². The van der Waals surface area contributed by atoms with Crippen molar-refractivity contribution < 1.29 is 16.5 Å². The van der Waals surface area contributed by atoms with Gasteiger partial charge in [-0.2, -0.15) is 0 Å². The van der Waals surface area contributed by atoms with Crippen LogP contribution in [0.15, 0.2) is 41.8 Å². The number of para-hydroxylation sites is 1. The molecule has 0 saturated heterocycles. The summed E-state index contributed by atoms with van der Waals surface area (Å²) in [6.45, 7) is 4.10.